The van der Waals surface area contributed by atoms with Crippen LogP contribution < -0.4 is 9.64 Å². The molecule has 0 amide bonds. The van der Waals surface area contributed by atoms with Crippen LogP contribution in [0.25, 0.3) is 82.5 Å². The first-order chi connectivity index (χ1) is 27.7. The second-order valence-electron chi connectivity index (χ2n) is 14.5. The Morgan fingerprint density at radius 3 is 1.86 bits per heavy atom. The first-order valence-corrected chi connectivity index (χ1v) is 19.0. The van der Waals surface area contributed by atoms with Crippen molar-refractivity contribution in [1.82, 2.24) is 4.57 Å². The van der Waals surface area contributed by atoms with E-state index in [1.165, 1.54) is 38.2 Å². The summed E-state index contributed by atoms with van der Waals surface area (Å²) >= 11 is 0. The maximum absolute atomic E-state index is 6.60. The molecule has 11 aromatic rings. The van der Waals surface area contributed by atoms with Crippen molar-refractivity contribution < 1.29 is 9.15 Å². The van der Waals surface area contributed by atoms with Crippen LogP contribution in [0.4, 0.5) is 17.1 Å². The second-order valence-corrected chi connectivity index (χ2v) is 14.5. The Hall–Kier alpha value is -7.56. The van der Waals surface area contributed by atoms with Gasteiger partial charge in [0.2, 0.25) is 0 Å². The number of fused-ring (bicyclic) bond motifs is 9. The summed E-state index contributed by atoms with van der Waals surface area (Å²) in [5.74, 6) is 1.73. The summed E-state index contributed by atoms with van der Waals surface area (Å²) in [4.78, 5) is 2.30. The summed E-state index contributed by atoms with van der Waals surface area (Å²) in [5.41, 5.74) is 12.7. The number of anilines is 3. The van der Waals surface area contributed by atoms with Gasteiger partial charge in [0.15, 0.2) is 17.1 Å². The second kappa shape index (κ2) is 12.0. The summed E-state index contributed by atoms with van der Waals surface area (Å²) in [7, 11) is 0. The molecule has 2 aromatic heterocycles. The number of hydrogen-bond donors (Lipinski definition) is 0. The van der Waals surface area contributed by atoms with Gasteiger partial charge >= 0.3 is 0 Å². The van der Waals surface area contributed by atoms with E-state index in [-0.39, 0.29) is 0 Å². The average molecular weight is 717 g/mol. The molecule has 3 heterocycles. The van der Waals surface area contributed by atoms with Crippen LogP contribution >= 0.6 is 0 Å². The maximum Gasteiger partial charge on any atom is 0.159 e. The van der Waals surface area contributed by atoms with Gasteiger partial charge in [-0.25, -0.2) is 0 Å². The van der Waals surface area contributed by atoms with Crippen LogP contribution in [0.2, 0.25) is 0 Å². The molecule has 4 nitrogen and oxygen atoms in total. The topological polar surface area (TPSA) is 30.5 Å². The quantitative estimate of drug-likeness (QED) is 0.178. The third kappa shape index (κ3) is 4.66. The minimum Gasteiger partial charge on any atom is -0.454 e. The minimum atomic E-state index is 0.851. The molecular formula is C52H32N2O2. The number of ether oxygens (including phenoxy) is 1. The highest BCUT2D eigenvalue weighted by Gasteiger charge is 2.24. The normalized spacial score (nSPS) is 12.1. The lowest BCUT2D eigenvalue weighted by Gasteiger charge is -2.26. The molecule has 0 fully saturated rings. The van der Waals surface area contributed by atoms with Gasteiger partial charge in [0.25, 0.3) is 0 Å². The lowest BCUT2D eigenvalue weighted by Crippen LogP contribution is -2.10. The Morgan fingerprint density at radius 2 is 1.04 bits per heavy atom. The minimum absolute atomic E-state index is 0.851. The average Bonchev–Trinajstić information content (AvgIpc) is 3.82. The van der Waals surface area contributed by atoms with Crippen molar-refractivity contribution in [3.8, 4) is 39.4 Å². The Bertz CT molecular complexity index is 3340. The fraction of sp³-hybridized carbons (Fsp3) is 0. The fourth-order valence-corrected chi connectivity index (χ4v) is 8.71. The maximum atomic E-state index is 6.60. The van der Waals surface area contributed by atoms with Gasteiger partial charge in [0.05, 0.1) is 22.4 Å². The summed E-state index contributed by atoms with van der Waals surface area (Å²) in [5, 5.41) is 7.10. The van der Waals surface area contributed by atoms with E-state index in [4.69, 9.17) is 9.15 Å². The molecule has 0 unspecified atom stereocenters. The monoisotopic (exact) mass is 716 g/mol. The Morgan fingerprint density at radius 1 is 0.411 bits per heavy atom. The van der Waals surface area contributed by atoms with E-state index in [0.717, 1.165) is 72.8 Å². The van der Waals surface area contributed by atoms with Gasteiger partial charge in [-0.1, -0.05) is 127 Å². The van der Waals surface area contributed by atoms with Crippen molar-refractivity contribution in [3.63, 3.8) is 0 Å². The number of rotatable bonds is 5. The van der Waals surface area contributed by atoms with Crippen molar-refractivity contribution in [2.24, 2.45) is 0 Å². The van der Waals surface area contributed by atoms with Gasteiger partial charge in [0, 0.05) is 32.9 Å². The summed E-state index contributed by atoms with van der Waals surface area (Å²) in [6.07, 6.45) is 0. The van der Waals surface area contributed by atoms with Crippen LogP contribution in [0.1, 0.15) is 0 Å². The SMILES string of the molecule is c1ccc2cc(-c3ccc(N(c4ccc(-c5ccc6c(c5)-n5c7ccccc7c7cccc(c75)O6)cc4)c4cccc5c4oc4ccccc45)cc3)ccc2c1. The van der Waals surface area contributed by atoms with Crippen LogP contribution in [0, 0.1) is 0 Å². The molecule has 1 aliphatic rings. The molecule has 0 N–H and O–H groups in total. The van der Waals surface area contributed by atoms with Crippen LogP contribution in [0.3, 0.4) is 0 Å². The first kappa shape index (κ1) is 30.9. The molecule has 0 bridgehead atoms. The standard InChI is InChI=1S/C52H32N2O2/c1-2-10-36-31-37(20-19-33(36)9-1)34-21-26-39(27-22-34)53(46-16-7-14-44-42-12-4-6-17-48(42)56-52(44)46)40-28-23-35(24-29-40)38-25-30-49-47(32-38)54-45-15-5-3-11-41(45)43-13-8-18-50(55-49)51(43)54/h1-32H. The zero-order valence-corrected chi connectivity index (χ0v) is 30.2. The Labute approximate surface area is 322 Å². The fourth-order valence-electron chi connectivity index (χ4n) is 8.71. The molecule has 0 saturated carbocycles. The summed E-state index contributed by atoms with van der Waals surface area (Å²) in [6.45, 7) is 0. The Kier molecular flexibility index (Phi) is 6.60. The molecule has 56 heavy (non-hydrogen) atoms. The lowest BCUT2D eigenvalue weighted by atomic mass is 10.0. The van der Waals surface area contributed by atoms with E-state index >= 15 is 0 Å². The van der Waals surface area contributed by atoms with Crippen LogP contribution in [0.15, 0.2) is 199 Å². The number of hydrogen-bond acceptors (Lipinski definition) is 3. The molecule has 9 aromatic carbocycles. The van der Waals surface area contributed by atoms with Crippen LogP contribution in [-0.4, -0.2) is 4.57 Å². The smallest absolute Gasteiger partial charge is 0.159 e. The van der Waals surface area contributed by atoms with Crippen molar-refractivity contribution in [1.29, 1.82) is 0 Å². The van der Waals surface area contributed by atoms with Gasteiger partial charge in [-0.2, -0.15) is 0 Å². The molecule has 262 valence electrons. The van der Waals surface area contributed by atoms with Gasteiger partial charge in [0.1, 0.15) is 5.58 Å². The van der Waals surface area contributed by atoms with E-state index < -0.39 is 0 Å². The Balaban J connectivity index is 0.972. The van der Waals surface area contributed by atoms with Crippen molar-refractivity contribution in [2.75, 3.05) is 4.90 Å². The summed E-state index contributed by atoms with van der Waals surface area (Å²) in [6, 6.07) is 69.0. The lowest BCUT2D eigenvalue weighted by molar-refractivity contribution is 0.476. The molecule has 4 heteroatoms. The van der Waals surface area contributed by atoms with E-state index in [0.29, 0.717) is 0 Å². The van der Waals surface area contributed by atoms with E-state index in [1.807, 2.05) is 12.1 Å². The number of furan rings is 1. The molecule has 0 spiro atoms. The van der Waals surface area contributed by atoms with Gasteiger partial charge in [-0.3, -0.25) is 0 Å². The van der Waals surface area contributed by atoms with Crippen molar-refractivity contribution in [3.05, 3.63) is 194 Å². The van der Waals surface area contributed by atoms with E-state index in [1.54, 1.807) is 0 Å². The molecule has 0 atom stereocenters. The zero-order valence-electron chi connectivity index (χ0n) is 30.2. The van der Waals surface area contributed by atoms with Gasteiger partial charge in [-0.15, -0.1) is 0 Å². The largest absolute Gasteiger partial charge is 0.454 e. The van der Waals surface area contributed by atoms with Crippen molar-refractivity contribution >= 4 is 71.6 Å². The number of benzene rings is 9. The number of nitrogens with zero attached hydrogens (tertiary/aromatic N) is 2. The molecule has 1 aliphatic heterocycles. The van der Waals surface area contributed by atoms with Crippen molar-refractivity contribution in [2.45, 2.75) is 0 Å². The third-order valence-corrected chi connectivity index (χ3v) is 11.4. The van der Waals surface area contributed by atoms with Crippen LogP contribution in [0.5, 0.6) is 11.5 Å². The predicted molar refractivity (Wildman–Crippen MR) is 231 cm³/mol. The summed E-state index contributed by atoms with van der Waals surface area (Å²) < 4.78 is 15.5. The zero-order chi connectivity index (χ0) is 36.7. The molecule has 0 aliphatic carbocycles. The first-order valence-electron chi connectivity index (χ1n) is 19.0. The molecule has 0 saturated heterocycles. The number of aromatic nitrogens is 1. The molecule has 0 radical (unpaired) electrons. The number of para-hydroxylation sites is 4. The highest BCUT2D eigenvalue weighted by Crippen LogP contribution is 2.47. The van der Waals surface area contributed by atoms with E-state index in [2.05, 4.69) is 191 Å². The van der Waals surface area contributed by atoms with Crippen LogP contribution in [-0.2, 0) is 0 Å². The van der Waals surface area contributed by atoms with E-state index in [9.17, 15) is 0 Å². The van der Waals surface area contributed by atoms with Gasteiger partial charge in [-0.05, 0) is 99.8 Å². The molecule has 12 rings (SSSR count). The van der Waals surface area contributed by atoms with Gasteiger partial charge < -0.3 is 18.6 Å². The molecular weight excluding hydrogens is 685 g/mol. The third-order valence-electron chi connectivity index (χ3n) is 11.4. The highest BCUT2D eigenvalue weighted by molar-refractivity contribution is 6.12. The highest BCUT2D eigenvalue weighted by atomic mass is 16.5. The predicted octanol–water partition coefficient (Wildman–Crippen LogP) is 14.7.